The summed E-state index contributed by atoms with van der Waals surface area (Å²) in [6, 6.07) is 0. The number of hydrogen-bond acceptors (Lipinski definition) is 3. The highest BCUT2D eigenvalue weighted by atomic mass is 16.5. The Hall–Kier alpha value is -0.670. The van der Waals surface area contributed by atoms with Gasteiger partial charge in [-0.05, 0) is 61.2 Å². The number of allylic oxidation sites excluding steroid dienone is 1. The molecule has 3 unspecified atom stereocenters. The van der Waals surface area contributed by atoms with Gasteiger partial charge in [0, 0.05) is 18.9 Å². The van der Waals surface area contributed by atoms with E-state index in [1.54, 1.807) is 0 Å². The lowest BCUT2D eigenvalue weighted by Gasteiger charge is -2.60. The largest absolute Gasteiger partial charge is 0.389 e. The third-order valence-electron chi connectivity index (χ3n) is 8.17. The lowest BCUT2D eigenvalue weighted by molar-refractivity contribution is -0.156. The fourth-order valence-corrected chi connectivity index (χ4v) is 6.76. The molecular formula is C20H30O3. The average molecular weight is 318 g/mol. The van der Waals surface area contributed by atoms with Crippen LogP contribution in [0.3, 0.4) is 0 Å². The molecule has 0 radical (unpaired) electrons. The van der Waals surface area contributed by atoms with Crippen LogP contribution in [-0.2, 0) is 9.53 Å². The van der Waals surface area contributed by atoms with Crippen LogP contribution in [0.15, 0.2) is 12.2 Å². The first-order valence-corrected chi connectivity index (χ1v) is 9.33. The normalized spacial score (nSPS) is 55.2. The maximum Gasteiger partial charge on any atom is 0.139 e. The zero-order valence-electron chi connectivity index (χ0n) is 14.6. The molecule has 4 rings (SSSR count). The number of hydrogen-bond donors (Lipinski definition) is 1. The summed E-state index contributed by atoms with van der Waals surface area (Å²) in [5.74, 6) is 2.54. The van der Waals surface area contributed by atoms with Crippen LogP contribution < -0.4 is 0 Å². The second-order valence-electron chi connectivity index (χ2n) is 8.94. The van der Waals surface area contributed by atoms with Gasteiger partial charge in [0.25, 0.3) is 0 Å². The summed E-state index contributed by atoms with van der Waals surface area (Å²) in [5.41, 5.74) is 0.0466. The maximum atomic E-state index is 12.5. The predicted octanol–water partition coefficient (Wildman–Crippen LogP) is 3.36. The molecular weight excluding hydrogens is 288 g/mol. The molecule has 3 fully saturated rings. The van der Waals surface area contributed by atoms with E-state index in [4.69, 9.17) is 4.74 Å². The van der Waals surface area contributed by atoms with Crippen LogP contribution >= 0.6 is 0 Å². The van der Waals surface area contributed by atoms with Crippen molar-refractivity contribution in [1.82, 2.24) is 0 Å². The molecule has 0 bridgehead atoms. The Labute approximate surface area is 139 Å². The minimum atomic E-state index is -0.302. The van der Waals surface area contributed by atoms with Crippen molar-refractivity contribution in [2.75, 3.05) is 7.11 Å². The Bertz CT molecular complexity index is 541. The fraction of sp³-hybridized carbons (Fsp3) is 0.850. The Morgan fingerprint density at radius 2 is 2.00 bits per heavy atom. The van der Waals surface area contributed by atoms with E-state index in [2.05, 4.69) is 19.9 Å². The van der Waals surface area contributed by atoms with E-state index in [9.17, 15) is 9.90 Å². The van der Waals surface area contributed by atoms with E-state index in [0.29, 0.717) is 29.5 Å². The standard InChI is InChI=1S/C20H30O3/c1-19-8-6-13(21)10-12(19)11-16(23-3)18-14-4-5-17(22)20(14,2)9-7-15(18)19/h6,8,12-16,18,21H,4-5,7,9-11H2,1-3H3/t12?,13?,14-,15+,16?,18-,19-,20-/m0/s1. The van der Waals surface area contributed by atoms with Gasteiger partial charge in [-0.25, -0.2) is 0 Å². The predicted molar refractivity (Wildman–Crippen MR) is 88.8 cm³/mol. The van der Waals surface area contributed by atoms with Gasteiger partial charge < -0.3 is 9.84 Å². The zero-order valence-corrected chi connectivity index (χ0v) is 14.6. The van der Waals surface area contributed by atoms with E-state index < -0.39 is 0 Å². The highest BCUT2D eigenvalue weighted by molar-refractivity contribution is 5.87. The van der Waals surface area contributed by atoms with E-state index >= 15 is 0 Å². The van der Waals surface area contributed by atoms with E-state index in [1.807, 2.05) is 13.2 Å². The number of rotatable bonds is 1. The van der Waals surface area contributed by atoms with Gasteiger partial charge >= 0.3 is 0 Å². The molecule has 0 heterocycles. The smallest absolute Gasteiger partial charge is 0.139 e. The summed E-state index contributed by atoms with van der Waals surface area (Å²) in [7, 11) is 1.84. The molecule has 0 aromatic carbocycles. The van der Waals surface area contributed by atoms with Crippen LogP contribution in [0.25, 0.3) is 0 Å². The van der Waals surface area contributed by atoms with Gasteiger partial charge in [-0.15, -0.1) is 0 Å². The van der Waals surface area contributed by atoms with Crippen molar-refractivity contribution in [3.8, 4) is 0 Å². The van der Waals surface area contributed by atoms with Crippen molar-refractivity contribution in [3.63, 3.8) is 0 Å². The monoisotopic (exact) mass is 318 g/mol. The van der Waals surface area contributed by atoms with Crippen molar-refractivity contribution in [2.24, 2.45) is 34.5 Å². The Balaban J connectivity index is 1.74. The van der Waals surface area contributed by atoms with Crippen LogP contribution in [0.2, 0.25) is 0 Å². The SMILES string of the molecule is COC1CC2CC(O)C=C[C@]2(C)[C@@H]2CC[C@]3(C)C(=O)CC[C@H]3[C@H]12. The van der Waals surface area contributed by atoms with Crippen LogP contribution in [0.4, 0.5) is 0 Å². The number of ketones is 1. The average Bonchev–Trinajstić information content (AvgIpc) is 2.83. The number of ether oxygens (including phenoxy) is 1. The summed E-state index contributed by atoms with van der Waals surface area (Å²) in [6.45, 7) is 4.61. The summed E-state index contributed by atoms with van der Waals surface area (Å²) >= 11 is 0. The minimum absolute atomic E-state index is 0.112. The molecule has 0 spiro atoms. The molecule has 3 nitrogen and oxygen atoms in total. The molecule has 3 saturated carbocycles. The van der Waals surface area contributed by atoms with Gasteiger partial charge in [0.1, 0.15) is 5.78 Å². The summed E-state index contributed by atoms with van der Waals surface area (Å²) in [4.78, 5) is 12.5. The number of carbonyl (C=O) groups excluding carboxylic acids is 1. The van der Waals surface area contributed by atoms with Gasteiger partial charge in [0.15, 0.2) is 0 Å². The maximum absolute atomic E-state index is 12.5. The molecule has 0 aromatic heterocycles. The van der Waals surface area contributed by atoms with Crippen molar-refractivity contribution >= 4 is 5.78 Å². The van der Waals surface area contributed by atoms with Crippen molar-refractivity contribution in [1.29, 1.82) is 0 Å². The van der Waals surface area contributed by atoms with Crippen molar-refractivity contribution < 1.29 is 14.6 Å². The second kappa shape index (κ2) is 5.16. The quantitative estimate of drug-likeness (QED) is 0.754. The third-order valence-corrected chi connectivity index (χ3v) is 8.17. The first kappa shape index (κ1) is 15.8. The summed E-state index contributed by atoms with van der Waals surface area (Å²) < 4.78 is 5.96. The van der Waals surface area contributed by atoms with Crippen molar-refractivity contribution in [2.45, 2.75) is 64.6 Å². The van der Waals surface area contributed by atoms with Gasteiger partial charge in [-0.3, -0.25) is 4.79 Å². The van der Waals surface area contributed by atoms with Gasteiger partial charge in [-0.1, -0.05) is 26.0 Å². The van der Waals surface area contributed by atoms with Gasteiger partial charge in [0.2, 0.25) is 0 Å². The van der Waals surface area contributed by atoms with E-state index in [-0.39, 0.29) is 23.0 Å². The van der Waals surface area contributed by atoms with Gasteiger partial charge in [-0.2, -0.15) is 0 Å². The molecule has 4 aliphatic rings. The highest BCUT2D eigenvalue weighted by Gasteiger charge is 2.62. The number of fused-ring (bicyclic) bond motifs is 5. The Morgan fingerprint density at radius 1 is 1.22 bits per heavy atom. The Morgan fingerprint density at radius 3 is 2.74 bits per heavy atom. The number of Topliss-reactive ketones (excluding diaryl/α,β-unsaturated/α-hetero) is 1. The number of carbonyl (C=O) groups is 1. The second-order valence-corrected chi connectivity index (χ2v) is 8.94. The molecule has 0 aliphatic heterocycles. The fourth-order valence-electron chi connectivity index (χ4n) is 6.76. The molecule has 4 aliphatic carbocycles. The molecule has 0 saturated heterocycles. The molecule has 0 amide bonds. The first-order chi connectivity index (χ1) is 10.9. The van der Waals surface area contributed by atoms with Crippen LogP contribution in [0.5, 0.6) is 0 Å². The van der Waals surface area contributed by atoms with E-state index in [1.165, 1.54) is 0 Å². The third kappa shape index (κ3) is 2.05. The van der Waals surface area contributed by atoms with E-state index in [0.717, 1.165) is 38.5 Å². The molecule has 23 heavy (non-hydrogen) atoms. The minimum Gasteiger partial charge on any atom is -0.389 e. The van der Waals surface area contributed by atoms with Crippen LogP contribution in [0, 0.1) is 34.5 Å². The molecule has 1 N–H and O–H groups in total. The topological polar surface area (TPSA) is 46.5 Å². The molecule has 8 atom stereocenters. The zero-order chi connectivity index (χ0) is 16.4. The molecule has 0 aromatic rings. The molecule has 3 heteroatoms. The Kier molecular flexibility index (Phi) is 3.55. The lowest BCUT2D eigenvalue weighted by Crippen LogP contribution is -2.57. The summed E-state index contributed by atoms with van der Waals surface area (Å²) in [5, 5.41) is 10.1. The first-order valence-electron chi connectivity index (χ1n) is 9.33. The number of methoxy groups -OCH3 is 1. The number of aliphatic hydroxyl groups is 1. The summed E-state index contributed by atoms with van der Waals surface area (Å²) in [6.07, 6.45) is 10.1. The van der Waals surface area contributed by atoms with Crippen LogP contribution in [0.1, 0.15) is 52.4 Å². The van der Waals surface area contributed by atoms with Gasteiger partial charge in [0.05, 0.1) is 12.2 Å². The number of aliphatic hydroxyl groups excluding tert-OH is 1. The van der Waals surface area contributed by atoms with Crippen LogP contribution in [-0.4, -0.2) is 30.2 Å². The van der Waals surface area contributed by atoms with Crippen molar-refractivity contribution in [3.05, 3.63) is 12.2 Å². The molecule has 128 valence electrons. The highest BCUT2D eigenvalue weighted by Crippen LogP contribution is 2.64. The lowest BCUT2D eigenvalue weighted by atomic mass is 9.45.